The minimum absolute atomic E-state index is 0.00143. The first kappa shape index (κ1) is 24.3. The molecule has 0 saturated carbocycles. The van der Waals surface area contributed by atoms with Crippen LogP contribution in [0.15, 0.2) is 60.7 Å². The minimum atomic E-state index is -5.02. The van der Waals surface area contributed by atoms with E-state index >= 15 is 0 Å². The van der Waals surface area contributed by atoms with Crippen molar-refractivity contribution in [3.8, 4) is 11.6 Å². The third-order valence-electron chi connectivity index (χ3n) is 5.32. The van der Waals surface area contributed by atoms with Gasteiger partial charge >= 0.3 is 12.4 Å². The molecule has 0 radical (unpaired) electrons. The molecule has 0 N–H and O–H groups in total. The lowest BCUT2D eigenvalue weighted by Crippen LogP contribution is -2.49. The summed E-state index contributed by atoms with van der Waals surface area (Å²) in [5.74, 6) is 0.457. The number of alkyl halides is 6. The maximum Gasteiger partial charge on any atom is 0.416 e. The van der Waals surface area contributed by atoms with E-state index in [4.69, 9.17) is 4.74 Å². The molecule has 2 aromatic carbocycles. The highest BCUT2D eigenvalue weighted by Crippen LogP contribution is 2.36. The van der Waals surface area contributed by atoms with Crippen LogP contribution in [0.1, 0.15) is 21.5 Å². The fourth-order valence-corrected chi connectivity index (χ4v) is 3.54. The van der Waals surface area contributed by atoms with Gasteiger partial charge in [0.05, 0.1) is 11.1 Å². The van der Waals surface area contributed by atoms with E-state index in [1.165, 1.54) is 4.90 Å². The van der Waals surface area contributed by atoms with Gasteiger partial charge < -0.3 is 14.5 Å². The lowest BCUT2D eigenvalue weighted by molar-refractivity contribution is -0.143. The molecule has 12 heteroatoms. The molecule has 1 saturated heterocycles. The van der Waals surface area contributed by atoms with Crippen molar-refractivity contribution in [1.82, 2.24) is 15.1 Å². The van der Waals surface area contributed by atoms with E-state index in [0.717, 1.165) is 0 Å². The van der Waals surface area contributed by atoms with Crippen LogP contribution in [-0.2, 0) is 12.4 Å². The topological polar surface area (TPSA) is 58.6 Å². The third kappa shape index (κ3) is 5.81. The largest absolute Gasteiger partial charge is 0.438 e. The molecule has 2 heterocycles. The highest BCUT2D eigenvalue weighted by molar-refractivity contribution is 5.95. The summed E-state index contributed by atoms with van der Waals surface area (Å²) in [5, 5.41) is 8.11. The molecule has 0 aliphatic carbocycles. The van der Waals surface area contributed by atoms with E-state index in [1.54, 1.807) is 41.3 Å². The number of aromatic nitrogens is 2. The van der Waals surface area contributed by atoms with Gasteiger partial charge in [0.25, 0.3) is 5.91 Å². The van der Waals surface area contributed by atoms with Crippen molar-refractivity contribution in [1.29, 1.82) is 0 Å². The van der Waals surface area contributed by atoms with Gasteiger partial charge in [-0.15, -0.1) is 10.2 Å². The van der Waals surface area contributed by atoms with Gasteiger partial charge in [-0.05, 0) is 36.4 Å². The van der Waals surface area contributed by atoms with Crippen molar-refractivity contribution in [3.05, 3.63) is 77.4 Å². The van der Waals surface area contributed by atoms with Gasteiger partial charge in [0, 0.05) is 37.8 Å². The summed E-state index contributed by atoms with van der Waals surface area (Å²) in [6.07, 6.45) is -10.0. The Kier molecular flexibility index (Phi) is 6.55. The number of rotatable bonds is 4. The Labute approximate surface area is 195 Å². The maximum absolute atomic E-state index is 13.1. The average Bonchev–Trinajstić information content (AvgIpc) is 2.83. The standard InChI is InChI=1S/C23H18F6N4O2/c24-22(25,26)16-12-15(13-17(14-16)23(27,28)29)21(34)33-10-8-32(9-11-33)19-6-7-20(31-30-19)35-18-4-2-1-3-5-18/h1-7,12-14H,8-11H2. The van der Waals surface area contributed by atoms with Crippen LogP contribution in [0.3, 0.4) is 0 Å². The number of carbonyl (C=O) groups is 1. The zero-order chi connectivity index (χ0) is 25.2. The Morgan fingerprint density at radius 2 is 1.37 bits per heavy atom. The summed E-state index contributed by atoms with van der Waals surface area (Å²) in [7, 11) is 0. The van der Waals surface area contributed by atoms with Crippen molar-refractivity contribution in [3.63, 3.8) is 0 Å². The van der Waals surface area contributed by atoms with E-state index in [1.807, 2.05) is 6.07 Å². The SMILES string of the molecule is O=C(c1cc(C(F)(F)F)cc(C(F)(F)F)c1)N1CCN(c2ccc(Oc3ccccc3)nn2)CC1. The van der Waals surface area contributed by atoms with E-state index in [0.29, 0.717) is 23.7 Å². The predicted octanol–water partition coefficient (Wildman–Crippen LogP) is 5.27. The van der Waals surface area contributed by atoms with Gasteiger partial charge in [0.2, 0.25) is 5.88 Å². The smallest absolute Gasteiger partial charge is 0.416 e. The third-order valence-corrected chi connectivity index (χ3v) is 5.32. The van der Waals surface area contributed by atoms with Crippen molar-refractivity contribution in [2.75, 3.05) is 31.1 Å². The summed E-state index contributed by atoms with van der Waals surface area (Å²) in [6, 6.07) is 13.2. The fraction of sp³-hybridized carbons (Fsp3) is 0.261. The molecule has 0 atom stereocenters. The molecule has 0 spiro atoms. The molecule has 1 amide bonds. The van der Waals surface area contributed by atoms with E-state index in [9.17, 15) is 31.1 Å². The van der Waals surface area contributed by atoms with E-state index in [2.05, 4.69) is 10.2 Å². The normalized spacial score (nSPS) is 14.7. The van der Waals surface area contributed by atoms with Gasteiger partial charge in [0.15, 0.2) is 5.82 Å². The number of ether oxygens (including phenoxy) is 1. The second kappa shape index (κ2) is 9.43. The molecule has 0 bridgehead atoms. The fourth-order valence-electron chi connectivity index (χ4n) is 3.54. The summed E-state index contributed by atoms with van der Waals surface area (Å²) in [4.78, 5) is 15.8. The number of hydrogen-bond donors (Lipinski definition) is 0. The number of carbonyl (C=O) groups excluding carboxylic acids is 1. The first-order chi connectivity index (χ1) is 16.5. The predicted molar refractivity (Wildman–Crippen MR) is 113 cm³/mol. The summed E-state index contributed by atoms with van der Waals surface area (Å²) in [6.45, 7) is 0.704. The van der Waals surface area contributed by atoms with Crippen molar-refractivity contribution >= 4 is 11.7 Å². The Balaban J connectivity index is 1.43. The van der Waals surface area contributed by atoms with Gasteiger partial charge in [-0.3, -0.25) is 4.79 Å². The molecule has 4 rings (SSSR count). The molecular formula is C23H18F6N4O2. The highest BCUT2D eigenvalue weighted by atomic mass is 19.4. The van der Waals surface area contributed by atoms with Crippen LogP contribution in [0.4, 0.5) is 32.2 Å². The van der Waals surface area contributed by atoms with Crippen molar-refractivity contribution in [2.24, 2.45) is 0 Å². The first-order valence-corrected chi connectivity index (χ1v) is 10.4. The van der Waals surface area contributed by atoms with Crippen LogP contribution in [0.5, 0.6) is 11.6 Å². The van der Waals surface area contributed by atoms with Crippen LogP contribution >= 0.6 is 0 Å². The Morgan fingerprint density at radius 3 is 1.89 bits per heavy atom. The number of para-hydroxylation sites is 1. The number of halogens is 6. The quantitative estimate of drug-likeness (QED) is 0.461. The van der Waals surface area contributed by atoms with Gasteiger partial charge in [-0.1, -0.05) is 18.2 Å². The molecule has 3 aromatic rings. The molecule has 6 nitrogen and oxygen atoms in total. The number of nitrogens with zero attached hydrogens (tertiary/aromatic N) is 4. The van der Waals surface area contributed by atoms with Crippen LogP contribution in [0.25, 0.3) is 0 Å². The average molecular weight is 496 g/mol. The number of benzene rings is 2. The molecule has 1 aromatic heterocycles. The van der Waals surface area contributed by atoms with Crippen LogP contribution in [0, 0.1) is 0 Å². The van der Waals surface area contributed by atoms with Crippen molar-refractivity contribution in [2.45, 2.75) is 12.4 Å². The van der Waals surface area contributed by atoms with Crippen LogP contribution < -0.4 is 9.64 Å². The Morgan fingerprint density at radius 1 is 0.771 bits per heavy atom. The maximum atomic E-state index is 13.1. The molecule has 0 unspecified atom stereocenters. The second-order valence-electron chi connectivity index (χ2n) is 7.72. The van der Waals surface area contributed by atoms with E-state index < -0.39 is 35.0 Å². The molecular weight excluding hydrogens is 478 g/mol. The Bertz CT molecular complexity index is 1140. The molecule has 35 heavy (non-hydrogen) atoms. The van der Waals surface area contributed by atoms with Crippen LogP contribution in [-0.4, -0.2) is 47.2 Å². The first-order valence-electron chi connectivity index (χ1n) is 10.4. The summed E-state index contributed by atoms with van der Waals surface area (Å²) in [5.41, 5.74) is -3.72. The van der Waals surface area contributed by atoms with Gasteiger partial charge in [0.1, 0.15) is 5.75 Å². The zero-order valence-corrected chi connectivity index (χ0v) is 18.0. The number of amides is 1. The van der Waals surface area contributed by atoms with Gasteiger partial charge in [-0.25, -0.2) is 0 Å². The van der Waals surface area contributed by atoms with E-state index in [-0.39, 0.29) is 38.1 Å². The second-order valence-corrected chi connectivity index (χ2v) is 7.72. The molecule has 1 fully saturated rings. The Hall–Kier alpha value is -3.83. The molecule has 1 aliphatic rings. The minimum Gasteiger partial charge on any atom is -0.438 e. The lowest BCUT2D eigenvalue weighted by Gasteiger charge is -2.35. The number of anilines is 1. The summed E-state index contributed by atoms with van der Waals surface area (Å²) < 4.78 is 84.2. The zero-order valence-electron chi connectivity index (χ0n) is 18.0. The number of piperazine rings is 1. The highest BCUT2D eigenvalue weighted by Gasteiger charge is 2.38. The molecule has 1 aliphatic heterocycles. The van der Waals surface area contributed by atoms with Gasteiger partial charge in [-0.2, -0.15) is 26.3 Å². The number of hydrogen-bond acceptors (Lipinski definition) is 5. The van der Waals surface area contributed by atoms with Crippen molar-refractivity contribution < 1.29 is 35.9 Å². The molecule has 184 valence electrons. The monoisotopic (exact) mass is 496 g/mol. The lowest BCUT2D eigenvalue weighted by atomic mass is 10.0. The summed E-state index contributed by atoms with van der Waals surface area (Å²) >= 11 is 0. The van der Waals surface area contributed by atoms with Crippen LogP contribution in [0.2, 0.25) is 0 Å².